The molecule has 0 spiro atoms. The van der Waals surface area contributed by atoms with E-state index in [9.17, 15) is 0 Å². The van der Waals surface area contributed by atoms with Crippen molar-refractivity contribution in [3.05, 3.63) is 23.8 Å². The Hall–Kier alpha value is -0.820. The highest BCUT2D eigenvalue weighted by Crippen LogP contribution is 2.36. The fourth-order valence-corrected chi connectivity index (χ4v) is 1.55. The largest absolute Gasteiger partial charge is 0.412 e. The van der Waals surface area contributed by atoms with Gasteiger partial charge in [0.15, 0.2) is 0 Å². The summed E-state index contributed by atoms with van der Waals surface area (Å²) in [5.74, 6) is 0. The van der Waals surface area contributed by atoms with E-state index >= 15 is 0 Å². The van der Waals surface area contributed by atoms with E-state index in [0.29, 0.717) is 0 Å². The van der Waals surface area contributed by atoms with Gasteiger partial charge in [-0.05, 0) is 35.6 Å². The lowest BCUT2D eigenvalue weighted by Gasteiger charge is -1.94. The minimum absolute atomic E-state index is 0. The van der Waals surface area contributed by atoms with Crippen LogP contribution in [0.5, 0.6) is 0 Å². The molecule has 2 rings (SSSR count). The Morgan fingerprint density at radius 3 is 2.25 bits per heavy atom. The monoisotopic (exact) mass is 164 g/mol. The molecule has 0 radical (unpaired) electrons. The van der Waals surface area contributed by atoms with E-state index in [-0.39, 0.29) is 5.48 Å². The van der Waals surface area contributed by atoms with Crippen LogP contribution in [0, 0.1) is 0 Å². The smallest absolute Gasteiger partial charge is 0.0175 e. The molecule has 0 amide bonds. The van der Waals surface area contributed by atoms with Gasteiger partial charge in [0.1, 0.15) is 0 Å². The normalized spacial score (nSPS) is 10.8. The first-order valence-corrected chi connectivity index (χ1v) is 4.54. The van der Waals surface area contributed by atoms with Crippen LogP contribution in [0.3, 0.4) is 0 Å². The molecule has 1 heteroatoms. The predicted molar refractivity (Wildman–Crippen MR) is 52.3 cm³/mol. The number of rotatable bonds is 4. The minimum Gasteiger partial charge on any atom is -0.412 e. The van der Waals surface area contributed by atoms with E-state index in [0.717, 1.165) is 0 Å². The molecular formula is C11H16O. The lowest BCUT2D eigenvalue weighted by atomic mass is 10.1. The highest BCUT2D eigenvalue weighted by atomic mass is 16.0. The molecule has 0 aromatic carbocycles. The molecule has 0 unspecified atom stereocenters. The van der Waals surface area contributed by atoms with Crippen molar-refractivity contribution in [1.82, 2.24) is 0 Å². The van der Waals surface area contributed by atoms with Gasteiger partial charge in [-0.3, -0.25) is 0 Å². The molecule has 0 fully saturated rings. The first-order valence-electron chi connectivity index (χ1n) is 4.54. The van der Waals surface area contributed by atoms with Gasteiger partial charge in [0, 0.05) is 0 Å². The number of fused-ring (bicyclic) bond motifs is 1. The molecule has 0 bridgehead atoms. The maximum Gasteiger partial charge on any atom is -0.0175 e. The average Bonchev–Trinajstić information content (AvgIpc) is 2.61. The van der Waals surface area contributed by atoms with E-state index < -0.39 is 0 Å². The van der Waals surface area contributed by atoms with Gasteiger partial charge >= 0.3 is 0 Å². The van der Waals surface area contributed by atoms with Gasteiger partial charge in [-0.15, -0.1) is 0 Å². The van der Waals surface area contributed by atoms with Gasteiger partial charge in [0.2, 0.25) is 0 Å². The Morgan fingerprint density at radius 1 is 1.00 bits per heavy atom. The lowest BCUT2D eigenvalue weighted by Crippen LogP contribution is -1.80. The summed E-state index contributed by atoms with van der Waals surface area (Å²) in [5, 5.41) is 0. The first-order chi connectivity index (χ1) is 5.40. The van der Waals surface area contributed by atoms with Crippen LogP contribution in [-0.2, 0) is 6.42 Å². The predicted octanol–water partition coefficient (Wildman–Crippen LogP) is 2.58. The summed E-state index contributed by atoms with van der Waals surface area (Å²) in [6.45, 7) is 2.25. The zero-order valence-electron chi connectivity index (χ0n) is 7.56. The summed E-state index contributed by atoms with van der Waals surface area (Å²) >= 11 is 0. The van der Waals surface area contributed by atoms with Crippen LogP contribution in [-0.4, -0.2) is 5.48 Å². The molecule has 2 N–H and O–H groups in total. The Labute approximate surface area is 73.7 Å². The molecule has 0 saturated carbocycles. The van der Waals surface area contributed by atoms with E-state index in [2.05, 4.69) is 25.1 Å². The van der Waals surface area contributed by atoms with Crippen molar-refractivity contribution in [2.75, 3.05) is 0 Å². The van der Waals surface area contributed by atoms with Gasteiger partial charge in [-0.25, -0.2) is 0 Å². The van der Waals surface area contributed by atoms with Crippen LogP contribution in [0.25, 0.3) is 11.1 Å². The molecule has 1 nitrogen and oxygen atoms in total. The summed E-state index contributed by atoms with van der Waals surface area (Å²) in [7, 11) is 0. The second-order valence-electron chi connectivity index (χ2n) is 3.38. The molecule has 0 saturated heterocycles. The summed E-state index contributed by atoms with van der Waals surface area (Å²) < 4.78 is 0. The minimum atomic E-state index is 0. The van der Waals surface area contributed by atoms with Crippen molar-refractivity contribution in [3.63, 3.8) is 0 Å². The topological polar surface area (TPSA) is 31.5 Å². The Balaban J connectivity index is 0.000000720. The van der Waals surface area contributed by atoms with Crippen LogP contribution in [0.4, 0.5) is 0 Å². The lowest BCUT2D eigenvalue weighted by molar-refractivity contribution is 0.718. The SMILES string of the molecule is CCCCCc1cc2cc-2c1.O. The number of hydrogen-bond donors (Lipinski definition) is 0. The van der Waals surface area contributed by atoms with Crippen LogP contribution in [0.15, 0.2) is 18.2 Å². The zero-order chi connectivity index (χ0) is 7.68. The van der Waals surface area contributed by atoms with Crippen molar-refractivity contribution < 1.29 is 5.48 Å². The third-order valence-corrected chi connectivity index (χ3v) is 2.31. The van der Waals surface area contributed by atoms with Crippen LogP contribution >= 0.6 is 0 Å². The molecule has 0 atom stereocenters. The summed E-state index contributed by atoms with van der Waals surface area (Å²) in [6.07, 6.45) is 5.35. The number of benzene rings is 1. The van der Waals surface area contributed by atoms with Gasteiger partial charge in [-0.2, -0.15) is 0 Å². The number of unbranched alkanes of at least 4 members (excludes halogenated alkanes) is 2. The second kappa shape index (κ2) is 3.72. The Morgan fingerprint density at radius 2 is 1.67 bits per heavy atom. The van der Waals surface area contributed by atoms with E-state index in [1.165, 1.54) is 36.8 Å². The average molecular weight is 164 g/mol. The fourth-order valence-electron chi connectivity index (χ4n) is 1.55. The van der Waals surface area contributed by atoms with Crippen molar-refractivity contribution in [2.45, 2.75) is 32.6 Å². The highest BCUT2D eigenvalue weighted by molar-refractivity contribution is 5.82. The molecule has 12 heavy (non-hydrogen) atoms. The zero-order valence-corrected chi connectivity index (χ0v) is 7.56. The Bertz CT molecular complexity index is 245. The van der Waals surface area contributed by atoms with E-state index in [1.807, 2.05) is 0 Å². The van der Waals surface area contributed by atoms with Crippen molar-refractivity contribution >= 4 is 0 Å². The molecule has 66 valence electrons. The molecule has 0 aromatic heterocycles. The summed E-state index contributed by atoms with van der Waals surface area (Å²) in [6, 6.07) is 6.89. The van der Waals surface area contributed by atoms with Gasteiger partial charge in [-0.1, -0.05) is 31.9 Å². The van der Waals surface area contributed by atoms with E-state index in [4.69, 9.17) is 0 Å². The molecule has 2 aliphatic rings. The summed E-state index contributed by atoms with van der Waals surface area (Å²) in [4.78, 5) is 0. The van der Waals surface area contributed by atoms with Crippen molar-refractivity contribution in [2.24, 2.45) is 0 Å². The van der Waals surface area contributed by atoms with Crippen molar-refractivity contribution in [3.8, 4) is 11.1 Å². The second-order valence-corrected chi connectivity index (χ2v) is 3.38. The maximum atomic E-state index is 2.32. The third-order valence-electron chi connectivity index (χ3n) is 2.31. The van der Waals surface area contributed by atoms with Crippen LogP contribution in [0.1, 0.15) is 31.7 Å². The number of aryl methyl sites for hydroxylation is 1. The van der Waals surface area contributed by atoms with Crippen molar-refractivity contribution in [1.29, 1.82) is 0 Å². The molecule has 0 heterocycles. The number of hydrogen-bond acceptors (Lipinski definition) is 0. The van der Waals surface area contributed by atoms with Crippen LogP contribution in [0.2, 0.25) is 0 Å². The molecule has 0 aromatic rings. The Kier molecular flexibility index (Phi) is 2.88. The van der Waals surface area contributed by atoms with Gasteiger partial charge in [0.25, 0.3) is 0 Å². The fraction of sp³-hybridized carbons (Fsp3) is 0.455. The highest BCUT2D eigenvalue weighted by Gasteiger charge is 2.12. The van der Waals surface area contributed by atoms with Gasteiger partial charge < -0.3 is 5.48 Å². The molecule has 0 aliphatic heterocycles. The quantitative estimate of drug-likeness (QED) is 0.622. The van der Waals surface area contributed by atoms with Gasteiger partial charge in [0.05, 0.1) is 0 Å². The summed E-state index contributed by atoms with van der Waals surface area (Å²) in [5.41, 5.74) is 4.51. The third kappa shape index (κ3) is 1.86. The van der Waals surface area contributed by atoms with E-state index in [1.54, 1.807) is 5.56 Å². The maximum absolute atomic E-state index is 2.32. The molecular weight excluding hydrogens is 148 g/mol. The first kappa shape index (κ1) is 9.27. The molecule has 2 aliphatic carbocycles. The van der Waals surface area contributed by atoms with Crippen LogP contribution < -0.4 is 0 Å². The standard InChI is InChI=1S/C11H14.H2O/c1-2-3-4-5-9-6-10-8-11(10)7-9;/h6-8H,2-5H2,1H3;1H2.